The molecule has 0 saturated heterocycles. The molecule has 0 atom stereocenters. The molecule has 9 nitrogen and oxygen atoms in total. The van der Waals surface area contributed by atoms with Crippen molar-refractivity contribution in [2.45, 2.75) is 13.8 Å². The van der Waals surface area contributed by atoms with Crippen LogP contribution in [0.25, 0.3) is 11.1 Å². The van der Waals surface area contributed by atoms with Crippen LogP contribution in [0.5, 0.6) is 0 Å². The number of anilines is 2. The molecule has 1 amide bonds. The number of aromatic carboxylic acids is 1. The molecule has 2 heterocycles. The molecule has 2 aromatic heterocycles. The number of rotatable bonds is 6. The lowest BCUT2D eigenvalue weighted by Crippen LogP contribution is -2.24. The van der Waals surface area contributed by atoms with Crippen LogP contribution in [0.2, 0.25) is 0 Å². The maximum Gasteiger partial charge on any atom is 0.356 e. The van der Waals surface area contributed by atoms with Gasteiger partial charge in [-0.2, -0.15) is 4.74 Å². The Hall–Kier alpha value is -3.82. The molecule has 0 fully saturated rings. The van der Waals surface area contributed by atoms with Gasteiger partial charge in [-0.1, -0.05) is 12.1 Å². The number of benzene rings is 1. The molecule has 0 aliphatic carbocycles. The van der Waals surface area contributed by atoms with Gasteiger partial charge >= 0.3 is 5.97 Å². The van der Waals surface area contributed by atoms with Crippen LogP contribution >= 0.6 is 0 Å². The van der Waals surface area contributed by atoms with Crippen molar-refractivity contribution < 1.29 is 19.2 Å². The van der Waals surface area contributed by atoms with Gasteiger partial charge in [0, 0.05) is 19.3 Å². The van der Waals surface area contributed by atoms with Gasteiger partial charge < -0.3 is 20.3 Å². The molecule has 1 aromatic carbocycles. The first kappa shape index (κ1) is 20.9. The molecule has 0 aliphatic heterocycles. The summed E-state index contributed by atoms with van der Waals surface area (Å²) < 4.78 is 6.44. The van der Waals surface area contributed by atoms with Crippen LogP contribution in [-0.2, 0) is 7.05 Å². The number of hydrogen-bond acceptors (Lipinski definition) is 6. The number of amides is 1. The highest BCUT2D eigenvalue weighted by Crippen LogP contribution is 2.24. The molecule has 30 heavy (non-hydrogen) atoms. The van der Waals surface area contributed by atoms with Gasteiger partial charge in [0.25, 0.3) is 11.5 Å². The minimum absolute atomic E-state index is 0.0605. The summed E-state index contributed by atoms with van der Waals surface area (Å²) >= 11 is 0. The highest BCUT2D eigenvalue weighted by Gasteiger charge is 2.21. The van der Waals surface area contributed by atoms with Gasteiger partial charge in [-0.3, -0.25) is 14.6 Å². The Balaban J connectivity index is 1.91. The first-order valence-electron chi connectivity index (χ1n) is 9.09. The number of aromatic nitrogens is 2. The highest BCUT2D eigenvalue weighted by molar-refractivity contribution is 6.32. The molecule has 3 aromatic rings. The molecule has 0 aliphatic rings. The standard InChI is InChI=1S/C20H19BN4O5/c1-4-22-16-13(9-14(21)24-17(16)20(28)29)18(26)23-12-7-5-11(6-8-12)15-10(2)30-25(3)19(15)27/h5-9,22H,4H2,1-3H3,(H,23,26)(H,28,29). The largest absolute Gasteiger partial charge is 0.476 e. The third-order valence-electron chi connectivity index (χ3n) is 4.40. The van der Waals surface area contributed by atoms with Crippen molar-refractivity contribution in [1.82, 2.24) is 9.72 Å². The number of carboxylic acid groups (broad SMARTS) is 1. The number of pyridine rings is 1. The topological polar surface area (TPSA) is 126 Å². The summed E-state index contributed by atoms with van der Waals surface area (Å²) in [5.74, 6) is -1.36. The van der Waals surface area contributed by atoms with Crippen molar-refractivity contribution in [3.63, 3.8) is 0 Å². The fourth-order valence-electron chi connectivity index (χ4n) is 3.10. The van der Waals surface area contributed by atoms with E-state index >= 15 is 0 Å². The van der Waals surface area contributed by atoms with Crippen LogP contribution in [0.15, 0.2) is 39.6 Å². The Morgan fingerprint density at radius 2 is 1.93 bits per heavy atom. The average molecular weight is 406 g/mol. The number of nitrogens with one attached hydrogen (secondary N) is 2. The Morgan fingerprint density at radius 3 is 2.47 bits per heavy atom. The van der Waals surface area contributed by atoms with E-state index in [0.717, 1.165) is 4.74 Å². The lowest BCUT2D eigenvalue weighted by Gasteiger charge is -2.14. The summed E-state index contributed by atoms with van der Waals surface area (Å²) in [6.07, 6.45) is 0. The van der Waals surface area contributed by atoms with Crippen molar-refractivity contribution in [3.8, 4) is 11.1 Å². The van der Waals surface area contributed by atoms with Gasteiger partial charge in [0.1, 0.15) is 13.6 Å². The van der Waals surface area contributed by atoms with Crippen molar-refractivity contribution in [1.29, 1.82) is 0 Å². The van der Waals surface area contributed by atoms with E-state index in [1.807, 2.05) is 0 Å². The Labute approximate surface area is 173 Å². The second kappa shape index (κ2) is 8.28. The number of carbonyl (C=O) groups is 2. The van der Waals surface area contributed by atoms with Crippen LogP contribution in [0, 0.1) is 6.92 Å². The summed E-state index contributed by atoms with van der Waals surface area (Å²) in [6.45, 7) is 3.85. The number of aryl methyl sites for hydroxylation is 2. The second-order valence-corrected chi connectivity index (χ2v) is 6.51. The summed E-state index contributed by atoms with van der Waals surface area (Å²) in [5, 5.41) is 14.9. The van der Waals surface area contributed by atoms with Gasteiger partial charge in [0.15, 0.2) is 5.69 Å². The van der Waals surface area contributed by atoms with E-state index in [2.05, 4.69) is 15.6 Å². The number of nitrogens with zero attached hydrogens (tertiary/aromatic N) is 2. The van der Waals surface area contributed by atoms with Gasteiger partial charge in [-0.25, -0.2) is 4.79 Å². The number of hydrogen-bond donors (Lipinski definition) is 3. The fraction of sp³-hybridized carbons (Fsp3) is 0.200. The number of carbonyl (C=O) groups excluding carboxylic acids is 1. The van der Waals surface area contributed by atoms with Crippen molar-refractivity contribution in [3.05, 3.63) is 57.7 Å². The van der Waals surface area contributed by atoms with Gasteiger partial charge in [-0.05, 0) is 43.2 Å². The molecule has 3 rings (SSSR count). The third-order valence-corrected chi connectivity index (χ3v) is 4.40. The third kappa shape index (κ3) is 3.98. The Kier molecular flexibility index (Phi) is 5.77. The van der Waals surface area contributed by atoms with Gasteiger partial charge in [0.2, 0.25) is 0 Å². The summed E-state index contributed by atoms with van der Waals surface area (Å²) in [5.41, 5.74) is 1.03. The SMILES string of the molecule is [B]c1cc(C(=O)Nc2ccc(-c3c(C)on(C)c3=O)cc2)c(NCC)c(C(=O)O)n1. The van der Waals surface area contributed by atoms with Crippen molar-refractivity contribution in [2.75, 3.05) is 17.2 Å². The molecule has 2 radical (unpaired) electrons. The van der Waals surface area contributed by atoms with E-state index in [9.17, 15) is 19.5 Å². The van der Waals surface area contributed by atoms with E-state index < -0.39 is 11.9 Å². The fourth-order valence-corrected chi connectivity index (χ4v) is 3.10. The quantitative estimate of drug-likeness (QED) is 0.530. The number of carboxylic acids is 1. The van der Waals surface area contributed by atoms with E-state index in [1.54, 1.807) is 38.1 Å². The zero-order valence-electron chi connectivity index (χ0n) is 16.6. The minimum atomic E-state index is -1.30. The molecule has 3 N–H and O–H groups in total. The Bertz CT molecular complexity index is 1180. The van der Waals surface area contributed by atoms with Crippen LogP contribution in [0.4, 0.5) is 11.4 Å². The van der Waals surface area contributed by atoms with E-state index in [1.165, 1.54) is 13.1 Å². The first-order chi connectivity index (χ1) is 14.2. The second-order valence-electron chi connectivity index (χ2n) is 6.51. The lowest BCUT2D eigenvalue weighted by molar-refractivity contribution is 0.0692. The van der Waals surface area contributed by atoms with Crippen LogP contribution in [-0.4, -0.2) is 41.1 Å². The molecule has 152 valence electrons. The average Bonchev–Trinajstić information content (AvgIpc) is 2.95. The van der Waals surface area contributed by atoms with Crippen LogP contribution in [0.3, 0.4) is 0 Å². The normalized spacial score (nSPS) is 10.6. The summed E-state index contributed by atoms with van der Waals surface area (Å²) in [7, 11) is 7.21. The molecule has 0 bridgehead atoms. The lowest BCUT2D eigenvalue weighted by atomic mass is 9.98. The summed E-state index contributed by atoms with van der Waals surface area (Å²) in [6, 6.07) is 7.95. The van der Waals surface area contributed by atoms with E-state index in [0.29, 0.717) is 29.1 Å². The molecule has 0 unspecified atom stereocenters. The smallest absolute Gasteiger partial charge is 0.356 e. The zero-order chi connectivity index (χ0) is 22.0. The van der Waals surface area contributed by atoms with Gasteiger partial charge in [0.05, 0.1) is 16.8 Å². The van der Waals surface area contributed by atoms with Crippen molar-refractivity contribution in [2.24, 2.45) is 7.05 Å². The maximum absolute atomic E-state index is 12.8. The maximum atomic E-state index is 12.8. The molecule has 0 spiro atoms. The molecular weight excluding hydrogens is 387 g/mol. The van der Waals surface area contributed by atoms with Crippen LogP contribution < -0.4 is 21.8 Å². The molecule has 10 heteroatoms. The van der Waals surface area contributed by atoms with Crippen LogP contribution in [0.1, 0.15) is 33.5 Å². The van der Waals surface area contributed by atoms with E-state index in [4.69, 9.17) is 12.4 Å². The predicted octanol–water partition coefficient (Wildman–Crippen LogP) is 1.52. The highest BCUT2D eigenvalue weighted by atomic mass is 16.5. The summed E-state index contributed by atoms with van der Waals surface area (Å²) in [4.78, 5) is 40.3. The zero-order valence-corrected chi connectivity index (χ0v) is 16.6. The Morgan fingerprint density at radius 1 is 1.27 bits per heavy atom. The molecular formula is C20H19BN4O5. The van der Waals surface area contributed by atoms with Gasteiger partial charge in [-0.15, -0.1) is 0 Å². The minimum Gasteiger partial charge on any atom is -0.476 e. The monoisotopic (exact) mass is 406 g/mol. The molecule has 0 saturated carbocycles. The van der Waals surface area contributed by atoms with E-state index in [-0.39, 0.29) is 28.1 Å². The predicted molar refractivity (Wildman–Crippen MR) is 113 cm³/mol. The first-order valence-corrected chi connectivity index (χ1v) is 9.09. The van der Waals surface area contributed by atoms with Crippen molar-refractivity contribution >= 4 is 36.7 Å².